The van der Waals surface area contributed by atoms with Gasteiger partial charge < -0.3 is 19.3 Å². The lowest BCUT2D eigenvalue weighted by Gasteiger charge is -2.21. The van der Waals surface area contributed by atoms with Gasteiger partial charge in [-0.15, -0.1) is 0 Å². The molecule has 1 saturated heterocycles. The van der Waals surface area contributed by atoms with Crippen molar-refractivity contribution in [2.45, 2.75) is 19.1 Å². The van der Waals surface area contributed by atoms with Gasteiger partial charge in [0.1, 0.15) is 12.4 Å². The number of halogens is 3. The van der Waals surface area contributed by atoms with Crippen molar-refractivity contribution in [3.63, 3.8) is 0 Å². The summed E-state index contributed by atoms with van der Waals surface area (Å²) < 4.78 is 56.6. The minimum atomic E-state index is -4.80. The average molecular weight is 368 g/mol. The van der Waals surface area contributed by atoms with E-state index < -0.39 is 35.3 Å². The molecule has 0 atom stereocenters. The van der Waals surface area contributed by atoms with Crippen LogP contribution in [0, 0.1) is 0 Å². The van der Waals surface area contributed by atoms with E-state index in [-0.39, 0.29) is 25.4 Å². The first-order valence-electron chi connectivity index (χ1n) is 7.74. The number of carboxylic acid groups (broad SMARTS) is 1. The average Bonchev–Trinajstić information content (AvgIpc) is 3.13. The van der Waals surface area contributed by atoms with Crippen molar-refractivity contribution in [1.82, 2.24) is 0 Å². The molecule has 2 aromatic rings. The second kappa shape index (κ2) is 7.35. The minimum absolute atomic E-state index is 0.0920. The third-order valence-electron chi connectivity index (χ3n) is 3.77. The Labute approximate surface area is 146 Å². The van der Waals surface area contributed by atoms with Crippen LogP contribution >= 0.6 is 0 Å². The van der Waals surface area contributed by atoms with Crippen LogP contribution in [-0.4, -0.2) is 24.3 Å². The van der Waals surface area contributed by atoms with Gasteiger partial charge >= 0.3 is 12.1 Å². The first-order chi connectivity index (χ1) is 12.4. The molecule has 0 radical (unpaired) electrons. The third kappa shape index (κ3) is 3.97. The monoisotopic (exact) mass is 368 g/mol. The van der Waals surface area contributed by atoms with Crippen LogP contribution in [0.5, 0.6) is 5.75 Å². The molecule has 0 amide bonds. The Morgan fingerprint density at radius 3 is 2.38 bits per heavy atom. The smallest absolute Gasteiger partial charge is 0.420 e. The zero-order chi connectivity index (χ0) is 18.7. The first kappa shape index (κ1) is 18.2. The van der Waals surface area contributed by atoms with Crippen LogP contribution in [-0.2, 0) is 22.3 Å². The highest BCUT2D eigenvalue weighted by atomic mass is 19.4. The number of carbonyl (C=O) groups is 1. The lowest BCUT2D eigenvalue weighted by Crippen LogP contribution is -2.15. The lowest BCUT2D eigenvalue weighted by atomic mass is 10.0. The molecule has 3 rings (SSSR count). The number of aromatic carboxylic acids is 1. The second-order valence-electron chi connectivity index (χ2n) is 5.59. The van der Waals surface area contributed by atoms with E-state index in [0.717, 1.165) is 6.07 Å². The summed E-state index contributed by atoms with van der Waals surface area (Å²) in [6.07, 6.45) is -5.91. The Balaban J connectivity index is 2.06. The van der Waals surface area contributed by atoms with Gasteiger partial charge in [0.2, 0.25) is 0 Å². The first-order valence-corrected chi connectivity index (χ1v) is 7.74. The SMILES string of the molecule is O=C(O)c1cc(C2OCCO2)c(OCc2ccccc2)c(C(F)(F)F)c1. The number of rotatable bonds is 5. The van der Waals surface area contributed by atoms with Crippen molar-refractivity contribution in [3.8, 4) is 5.75 Å². The van der Waals surface area contributed by atoms with Crippen molar-refractivity contribution in [2.75, 3.05) is 13.2 Å². The molecular formula is C18H15F3O5. The molecule has 1 heterocycles. The summed E-state index contributed by atoms with van der Waals surface area (Å²) in [6.45, 7) is 0.277. The van der Waals surface area contributed by atoms with E-state index in [0.29, 0.717) is 11.6 Å². The highest BCUT2D eigenvalue weighted by Gasteiger charge is 2.39. The van der Waals surface area contributed by atoms with Gasteiger partial charge in [-0.2, -0.15) is 13.2 Å². The number of hydrogen-bond acceptors (Lipinski definition) is 4. The minimum Gasteiger partial charge on any atom is -0.488 e. The van der Waals surface area contributed by atoms with Crippen LogP contribution in [0.2, 0.25) is 0 Å². The molecule has 0 unspecified atom stereocenters. The standard InChI is InChI=1S/C18H15F3O5/c19-18(20,21)14-9-12(16(22)23)8-13(17-24-6-7-25-17)15(14)26-10-11-4-2-1-3-5-11/h1-5,8-9,17H,6-7,10H2,(H,22,23). The van der Waals surface area contributed by atoms with Gasteiger partial charge in [0.05, 0.1) is 29.9 Å². The fourth-order valence-electron chi connectivity index (χ4n) is 2.59. The second-order valence-corrected chi connectivity index (χ2v) is 5.59. The summed E-state index contributed by atoms with van der Waals surface area (Å²) in [5.74, 6) is -1.97. The summed E-state index contributed by atoms with van der Waals surface area (Å²) in [7, 11) is 0. The molecule has 2 aromatic carbocycles. The van der Waals surface area contributed by atoms with E-state index >= 15 is 0 Å². The number of benzene rings is 2. The number of hydrogen-bond donors (Lipinski definition) is 1. The van der Waals surface area contributed by atoms with Gasteiger partial charge in [0.25, 0.3) is 0 Å². The normalized spacial score (nSPS) is 15.2. The molecule has 138 valence electrons. The Morgan fingerprint density at radius 2 is 1.81 bits per heavy atom. The van der Waals surface area contributed by atoms with Gasteiger partial charge in [-0.3, -0.25) is 0 Å². The molecule has 1 aliphatic heterocycles. The summed E-state index contributed by atoms with van der Waals surface area (Å²) in [4.78, 5) is 11.2. The van der Waals surface area contributed by atoms with Crippen LogP contribution in [0.4, 0.5) is 13.2 Å². The highest BCUT2D eigenvalue weighted by Crippen LogP contribution is 2.43. The summed E-state index contributed by atoms with van der Waals surface area (Å²) in [5.41, 5.74) is -1.12. The highest BCUT2D eigenvalue weighted by molar-refractivity contribution is 5.88. The maximum atomic E-state index is 13.5. The van der Waals surface area contributed by atoms with E-state index in [9.17, 15) is 18.0 Å². The molecule has 26 heavy (non-hydrogen) atoms. The molecule has 1 aliphatic rings. The van der Waals surface area contributed by atoms with Crippen molar-refractivity contribution in [2.24, 2.45) is 0 Å². The zero-order valence-corrected chi connectivity index (χ0v) is 13.5. The van der Waals surface area contributed by atoms with Crippen molar-refractivity contribution in [1.29, 1.82) is 0 Å². The molecule has 0 aromatic heterocycles. The molecular weight excluding hydrogens is 353 g/mol. The molecule has 0 saturated carbocycles. The van der Waals surface area contributed by atoms with E-state index in [4.69, 9.17) is 19.3 Å². The zero-order valence-electron chi connectivity index (χ0n) is 13.5. The summed E-state index contributed by atoms with van der Waals surface area (Å²) >= 11 is 0. The summed E-state index contributed by atoms with van der Waals surface area (Å²) in [5, 5.41) is 9.15. The largest absolute Gasteiger partial charge is 0.488 e. The fraction of sp³-hybridized carbons (Fsp3) is 0.278. The van der Waals surface area contributed by atoms with Crippen LogP contribution in [0.3, 0.4) is 0 Å². The Morgan fingerprint density at radius 1 is 1.15 bits per heavy atom. The van der Waals surface area contributed by atoms with Gasteiger partial charge in [-0.1, -0.05) is 30.3 Å². The molecule has 8 heteroatoms. The maximum absolute atomic E-state index is 13.5. The van der Waals surface area contributed by atoms with Crippen molar-refractivity contribution >= 4 is 5.97 Å². The fourth-order valence-corrected chi connectivity index (χ4v) is 2.59. The van der Waals surface area contributed by atoms with E-state index in [2.05, 4.69) is 0 Å². The maximum Gasteiger partial charge on any atom is 0.420 e. The van der Waals surface area contributed by atoms with Crippen LogP contribution < -0.4 is 4.74 Å². The quantitative estimate of drug-likeness (QED) is 0.863. The van der Waals surface area contributed by atoms with Crippen LogP contribution in [0.25, 0.3) is 0 Å². The Kier molecular flexibility index (Phi) is 5.15. The molecule has 1 fully saturated rings. The van der Waals surface area contributed by atoms with Gasteiger partial charge in [-0.25, -0.2) is 4.79 Å². The Bertz CT molecular complexity index is 783. The number of alkyl halides is 3. The molecule has 0 spiro atoms. The van der Waals surface area contributed by atoms with Gasteiger partial charge in [0, 0.05) is 0 Å². The van der Waals surface area contributed by atoms with E-state index in [1.165, 1.54) is 0 Å². The molecule has 1 N–H and O–H groups in total. The van der Waals surface area contributed by atoms with Crippen molar-refractivity contribution in [3.05, 3.63) is 64.7 Å². The lowest BCUT2D eigenvalue weighted by molar-refractivity contribution is -0.139. The predicted molar refractivity (Wildman–Crippen MR) is 83.8 cm³/mol. The van der Waals surface area contributed by atoms with Crippen LogP contribution in [0.1, 0.15) is 33.3 Å². The number of ether oxygens (including phenoxy) is 3. The molecule has 5 nitrogen and oxygen atoms in total. The predicted octanol–water partition coefficient (Wildman–Crippen LogP) is 4.03. The molecule has 0 aliphatic carbocycles. The molecule has 0 bridgehead atoms. The van der Waals surface area contributed by atoms with Gasteiger partial charge in [-0.05, 0) is 17.7 Å². The van der Waals surface area contributed by atoms with E-state index in [1.54, 1.807) is 30.3 Å². The van der Waals surface area contributed by atoms with Crippen molar-refractivity contribution < 1.29 is 37.3 Å². The van der Waals surface area contributed by atoms with Crippen LogP contribution in [0.15, 0.2) is 42.5 Å². The Hall–Kier alpha value is -2.58. The number of carboxylic acids is 1. The topological polar surface area (TPSA) is 65.0 Å². The van der Waals surface area contributed by atoms with Gasteiger partial charge in [0.15, 0.2) is 6.29 Å². The summed E-state index contributed by atoms with van der Waals surface area (Å²) in [6, 6.07) is 10.3. The third-order valence-corrected chi connectivity index (χ3v) is 3.77. The van der Waals surface area contributed by atoms with E-state index in [1.807, 2.05) is 0 Å².